The van der Waals surface area contributed by atoms with Crippen LogP contribution in [-0.4, -0.2) is 0 Å². The van der Waals surface area contributed by atoms with Gasteiger partial charge in [0.15, 0.2) is 0 Å². The van der Waals surface area contributed by atoms with Crippen LogP contribution in [0.2, 0.25) is 0 Å². The van der Waals surface area contributed by atoms with Crippen LogP contribution < -0.4 is 0 Å². The molecule has 0 saturated carbocycles. The number of hydrogen-bond acceptors (Lipinski definition) is 0. The molecular formula is C13H57F25. The van der Waals surface area contributed by atoms with Crippen LogP contribution in [0.4, 0.5) is 115 Å². The quantitative estimate of drug-likeness (QED) is 0.222. The first-order valence-electron chi connectivity index (χ1n) is 1.43. The Hall–Kier alpha value is -1.75. The fraction of sp³-hybridized carbons (Fsp3) is 1.00. The van der Waals surface area contributed by atoms with E-state index in [9.17, 15) is 0 Å². The Bertz CT molecular complexity index is 35.2. The van der Waals surface area contributed by atoms with Crippen molar-refractivity contribution in [1.29, 1.82) is 0 Å². The molecule has 0 spiro atoms. The van der Waals surface area contributed by atoms with E-state index in [0.717, 1.165) is 0 Å². The maximum atomic E-state index is 8.00. The summed E-state index contributed by atoms with van der Waals surface area (Å²) in [7, 11) is 0. The predicted molar refractivity (Wildman–Crippen MR) is 122 cm³/mol. The van der Waals surface area contributed by atoms with E-state index in [1.807, 2.05) is 0 Å². The van der Waals surface area contributed by atoms with Crippen molar-refractivity contribution in [3.63, 3.8) is 0 Å². The van der Waals surface area contributed by atoms with Gasteiger partial charge in [0.25, 0.3) is 0 Å². The van der Waals surface area contributed by atoms with Crippen molar-refractivity contribution in [3.8, 4) is 0 Å². The number of rotatable bonds is 0. The van der Waals surface area contributed by atoms with Gasteiger partial charge in [-0.25, -0.2) is 0 Å². The van der Waals surface area contributed by atoms with Gasteiger partial charge in [-0.1, -0.05) is 96.5 Å². The van der Waals surface area contributed by atoms with Crippen molar-refractivity contribution in [2.75, 3.05) is 0 Å². The topological polar surface area (TPSA) is 0 Å². The van der Waals surface area contributed by atoms with Gasteiger partial charge in [0.1, 0.15) is 0 Å². The molecule has 0 N–H and O–H groups in total. The molecule has 0 bridgehead atoms. The lowest BCUT2D eigenvalue weighted by molar-refractivity contribution is 0.108. The Balaban J connectivity index is -0.00000000107. The van der Waals surface area contributed by atoms with Gasteiger partial charge in [0.2, 0.25) is 0 Å². The lowest BCUT2D eigenvalue weighted by Gasteiger charge is -1.00. The van der Waals surface area contributed by atoms with E-state index in [2.05, 4.69) is 0 Å². The second-order valence-corrected chi connectivity index (χ2v) is 0. The van der Waals surface area contributed by atoms with Crippen molar-refractivity contribution in [2.24, 2.45) is 0 Å². The Morgan fingerprint density at radius 3 is 0.105 bits per heavy atom. The van der Waals surface area contributed by atoms with E-state index < -0.39 is 0 Å². The van der Waals surface area contributed by atoms with E-state index in [0.29, 0.717) is 0 Å². The van der Waals surface area contributed by atoms with Gasteiger partial charge in [0, 0.05) is 91.5 Å². The third-order valence-corrected chi connectivity index (χ3v) is 0. The summed E-state index contributed by atoms with van der Waals surface area (Å²) in [5, 5.41) is 0. The maximum absolute atomic E-state index is 8.00. The molecule has 0 rings (SSSR count). The average Bonchev–Trinajstić information content (AvgIpc) is 2.71. The van der Waals surface area contributed by atoms with Crippen molar-refractivity contribution >= 4 is 0 Å². The van der Waals surface area contributed by atoms with Crippen LogP contribution in [0.15, 0.2) is 0 Å². The minimum atomic E-state index is 0. The summed E-state index contributed by atoms with van der Waals surface area (Å²) in [5.41, 5.74) is 0. The van der Waals surface area contributed by atoms with Crippen LogP contribution in [0.3, 0.4) is 0 Å². The SMILES string of the molecule is C.C.C.C.C.C.C.C.C.C.C.C.C.F.F.F.F.F.FF.FF.FF.FF.FF.FF.FF.FF.FF.FF. The van der Waals surface area contributed by atoms with Gasteiger partial charge in [-0.2, -0.15) is 0 Å². The second-order valence-electron chi connectivity index (χ2n) is 0. The zero-order valence-corrected chi connectivity index (χ0v) is 9.60. The Kier molecular flexibility index (Phi) is 235000. The number of hydrogen-bond donors (Lipinski definition) is 0. The first kappa shape index (κ1) is 662. The molecule has 25 heteroatoms. The van der Waals surface area contributed by atoms with Crippen molar-refractivity contribution in [3.05, 3.63) is 0 Å². The highest BCUT2D eigenvalue weighted by atomic mass is 20.0. The predicted octanol–water partition coefficient (Wildman–Crippen LogP) is 17.4. The summed E-state index contributed by atoms with van der Waals surface area (Å²) >= 11 is 0. The van der Waals surface area contributed by atoms with Gasteiger partial charge in [-0.3, -0.25) is 23.5 Å². The Morgan fingerprint density at radius 1 is 0.105 bits per heavy atom. The summed E-state index contributed by atoms with van der Waals surface area (Å²) in [6.07, 6.45) is 0. The average molecular weight is 689 g/mol. The zero-order chi connectivity index (χ0) is 20.0. The van der Waals surface area contributed by atoms with Crippen LogP contribution in [0.25, 0.3) is 0 Å². The van der Waals surface area contributed by atoms with Gasteiger partial charge in [-0.05, 0) is 0 Å². The summed E-state index contributed by atoms with van der Waals surface area (Å²) in [4.78, 5) is 0. The minimum absolute atomic E-state index is 0. The summed E-state index contributed by atoms with van der Waals surface area (Å²) in [5.74, 6) is 0. The molecule has 0 unspecified atom stereocenters. The lowest BCUT2D eigenvalue weighted by atomic mass is 12.0. The van der Waals surface area contributed by atoms with Crippen LogP contribution in [0, 0.1) is 0 Å². The van der Waals surface area contributed by atoms with E-state index in [1.54, 1.807) is 0 Å². The van der Waals surface area contributed by atoms with Crippen LogP contribution in [-0.2, 0) is 0 Å². The van der Waals surface area contributed by atoms with Gasteiger partial charge in [-0.15, -0.1) is 0 Å². The first-order chi connectivity index (χ1) is 10.0. The highest BCUT2D eigenvalue weighted by molar-refractivity contribution is 2.52. The molecule has 0 fully saturated rings. The smallest absolute Gasteiger partial charge is 0 e. The van der Waals surface area contributed by atoms with Gasteiger partial charge in [0.05, 0.1) is 0 Å². The Labute approximate surface area is 213 Å². The third-order valence-electron chi connectivity index (χ3n) is 0. The molecule has 284 valence electrons. The molecule has 0 radical (unpaired) electrons. The fourth-order valence-electron chi connectivity index (χ4n) is 0. The van der Waals surface area contributed by atoms with Crippen molar-refractivity contribution in [2.45, 2.75) is 96.5 Å². The molecule has 0 atom stereocenters. The first-order valence-corrected chi connectivity index (χ1v) is 1.43. The highest BCUT2D eigenvalue weighted by Gasteiger charge is 1.02. The molecule has 0 saturated heterocycles. The van der Waals surface area contributed by atoms with Crippen molar-refractivity contribution in [1.82, 2.24) is 0 Å². The maximum Gasteiger partial charge on any atom is 0 e. The van der Waals surface area contributed by atoms with E-state index in [1.165, 1.54) is 0 Å². The highest BCUT2D eigenvalue weighted by Crippen LogP contribution is 1.44. The number of halogens is 25. The molecule has 0 amide bonds. The Morgan fingerprint density at radius 2 is 0.105 bits per heavy atom. The minimum Gasteiger partial charge on any atom is -0.269 e. The van der Waals surface area contributed by atoms with Gasteiger partial charge < -0.3 is 0 Å². The normalized spacial score (nSPS) is 1.58. The fourth-order valence-corrected chi connectivity index (χ4v) is 0. The standard InChI is InChI=1S/13CH4.10F2.5FH/c;;;;;;;;;;;;;10*1-2;;;;;/h13*1H4;;;;;;;;;;;5*1H. The monoisotopic (exact) mass is 688 g/mol. The van der Waals surface area contributed by atoms with Crippen molar-refractivity contribution < 1.29 is 115 Å². The van der Waals surface area contributed by atoms with E-state index in [-0.39, 0.29) is 120 Å². The molecule has 38 heavy (non-hydrogen) atoms. The molecule has 0 heterocycles. The lowest BCUT2D eigenvalue weighted by Crippen LogP contribution is -0.580. The molecule has 0 aliphatic rings. The van der Waals surface area contributed by atoms with Gasteiger partial charge >= 0.3 is 0 Å². The summed E-state index contributed by atoms with van der Waals surface area (Å²) < 4.78 is 160. The summed E-state index contributed by atoms with van der Waals surface area (Å²) in [6, 6.07) is 0. The van der Waals surface area contributed by atoms with Crippen LogP contribution in [0.1, 0.15) is 96.5 Å². The molecule has 0 aromatic heterocycles. The van der Waals surface area contributed by atoms with Crippen LogP contribution >= 0.6 is 0 Å². The largest absolute Gasteiger partial charge is 0.269 e. The van der Waals surface area contributed by atoms with E-state index in [4.69, 9.17) is 91.5 Å². The molecule has 0 aliphatic carbocycles. The van der Waals surface area contributed by atoms with E-state index >= 15 is 0 Å². The molecule has 0 aromatic carbocycles. The third kappa shape index (κ3) is 12400. The molecule has 0 aliphatic heterocycles. The zero-order valence-electron chi connectivity index (χ0n) is 9.60. The molecule has 0 nitrogen and oxygen atoms in total. The molecular weight excluding hydrogens is 631 g/mol. The van der Waals surface area contributed by atoms with Crippen LogP contribution in [0.5, 0.6) is 0 Å². The second kappa shape index (κ2) is 13500. The summed E-state index contributed by atoms with van der Waals surface area (Å²) in [6.45, 7) is 0. The molecule has 0 aromatic rings.